The van der Waals surface area contributed by atoms with E-state index < -0.39 is 0 Å². The second-order valence-electron chi connectivity index (χ2n) is 4.87. The standard InChI is InChI=1S/C16H15N3O3/c1-10-7-13(11(2)22-10)16(20)19-8-14-15(18-5-4-17-14)12-3-6-21-9-12/h3-7,9H,8H2,1-2H3,(H,19,20). The Bertz CT molecular complexity index is 791. The van der Waals surface area contributed by atoms with Gasteiger partial charge in [0.15, 0.2) is 0 Å². The van der Waals surface area contributed by atoms with E-state index in [9.17, 15) is 4.79 Å². The molecule has 0 aliphatic carbocycles. The number of nitrogens with one attached hydrogen (secondary N) is 1. The molecule has 3 heterocycles. The molecule has 0 atom stereocenters. The first kappa shape index (κ1) is 14.1. The highest BCUT2D eigenvalue weighted by atomic mass is 16.3. The molecule has 112 valence electrons. The zero-order valence-electron chi connectivity index (χ0n) is 12.3. The number of amides is 1. The smallest absolute Gasteiger partial charge is 0.255 e. The molecule has 6 heteroatoms. The topological polar surface area (TPSA) is 81.2 Å². The van der Waals surface area contributed by atoms with Gasteiger partial charge in [-0.3, -0.25) is 14.8 Å². The molecular weight excluding hydrogens is 282 g/mol. The van der Waals surface area contributed by atoms with Crippen molar-refractivity contribution in [3.8, 4) is 11.3 Å². The maximum atomic E-state index is 12.2. The van der Waals surface area contributed by atoms with Gasteiger partial charge in [-0.25, -0.2) is 0 Å². The van der Waals surface area contributed by atoms with E-state index in [1.165, 1.54) is 0 Å². The Morgan fingerprint density at radius 2 is 2.09 bits per heavy atom. The number of aryl methyl sites for hydroxylation is 2. The lowest BCUT2D eigenvalue weighted by Gasteiger charge is -2.07. The Hall–Kier alpha value is -2.89. The van der Waals surface area contributed by atoms with Gasteiger partial charge >= 0.3 is 0 Å². The first-order chi connectivity index (χ1) is 10.6. The van der Waals surface area contributed by atoms with Crippen LogP contribution in [0.2, 0.25) is 0 Å². The minimum atomic E-state index is -0.196. The molecule has 0 aliphatic rings. The Kier molecular flexibility index (Phi) is 3.74. The molecule has 3 aromatic heterocycles. The predicted molar refractivity (Wildman–Crippen MR) is 79.1 cm³/mol. The van der Waals surface area contributed by atoms with Gasteiger partial charge in [0.25, 0.3) is 5.91 Å². The van der Waals surface area contributed by atoms with Gasteiger partial charge in [-0.15, -0.1) is 0 Å². The first-order valence-corrected chi connectivity index (χ1v) is 6.83. The van der Waals surface area contributed by atoms with E-state index >= 15 is 0 Å². The molecule has 0 radical (unpaired) electrons. The predicted octanol–water partition coefficient (Wildman–Crippen LogP) is 2.88. The van der Waals surface area contributed by atoms with E-state index in [2.05, 4.69) is 15.3 Å². The molecular formula is C16H15N3O3. The lowest BCUT2D eigenvalue weighted by molar-refractivity contribution is 0.0949. The summed E-state index contributed by atoms with van der Waals surface area (Å²) in [7, 11) is 0. The van der Waals surface area contributed by atoms with Gasteiger partial charge in [0.2, 0.25) is 0 Å². The summed E-state index contributed by atoms with van der Waals surface area (Å²) in [4.78, 5) is 20.8. The second-order valence-corrected chi connectivity index (χ2v) is 4.87. The van der Waals surface area contributed by atoms with Crippen molar-refractivity contribution in [1.82, 2.24) is 15.3 Å². The number of rotatable bonds is 4. The summed E-state index contributed by atoms with van der Waals surface area (Å²) in [6, 6.07) is 3.53. The molecule has 0 aromatic carbocycles. The molecule has 0 aliphatic heterocycles. The van der Waals surface area contributed by atoms with E-state index in [-0.39, 0.29) is 12.5 Å². The lowest BCUT2D eigenvalue weighted by Crippen LogP contribution is -2.24. The van der Waals surface area contributed by atoms with Crippen LogP contribution in [0, 0.1) is 13.8 Å². The maximum absolute atomic E-state index is 12.2. The van der Waals surface area contributed by atoms with Crippen LogP contribution in [0.25, 0.3) is 11.3 Å². The molecule has 0 saturated carbocycles. The summed E-state index contributed by atoms with van der Waals surface area (Å²) >= 11 is 0. The number of carbonyl (C=O) groups is 1. The van der Waals surface area contributed by atoms with Crippen molar-refractivity contribution in [2.45, 2.75) is 20.4 Å². The normalized spacial score (nSPS) is 10.6. The molecule has 22 heavy (non-hydrogen) atoms. The molecule has 6 nitrogen and oxygen atoms in total. The lowest BCUT2D eigenvalue weighted by atomic mass is 10.2. The number of furan rings is 2. The van der Waals surface area contributed by atoms with Crippen molar-refractivity contribution in [2.24, 2.45) is 0 Å². The fourth-order valence-electron chi connectivity index (χ4n) is 2.25. The monoisotopic (exact) mass is 297 g/mol. The molecule has 3 aromatic rings. The van der Waals surface area contributed by atoms with Crippen LogP contribution in [0.4, 0.5) is 0 Å². The fourth-order valence-corrected chi connectivity index (χ4v) is 2.25. The Morgan fingerprint density at radius 1 is 1.27 bits per heavy atom. The minimum absolute atomic E-state index is 0.196. The molecule has 1 amide bonds. The summed E-state index contributed by atoms with van der Waals surface area (Å²) in [5.74, 6) is 1.11. The van der Waals surface area contributed by atoms with Gasteiger partial charge in [0, 0.05) is 18.0 Å². The zero-order valence-corrected chi connectivity index (χ0v) is 12.3. The van der Waals surface area contributed by atoms with Crippen LogP contribution in [0.15, 0.2) is 45.9 Å². The fraction of sp³-hybridized carbons (Fsp3) is 0.188. The molecule has 3 rings (SSSR count). The Balaban J connectivity index is 1.77. The molecule has 0 saturated heterocycles. The number of hydrogen-bond donors (Lipinski definition) is 1. The molecule has 0 spiro atoms. The summed E-state index contributed by atoms with van der Waals surface area (Å²) in [6.45, 7) is 3.85. The third kappa shape index (κ3) is 2.76. The van der Waals surface area contributed by atoms with Gasteiger partial charge in [0.1, 0.15) is 11.5 Å². The van der Waals surface area contributed by atoms with Crippen LogP contribution in [-0.2, 0) is 6.54 Å². The average Bonchev–Trinajstić information content (AvgIpc) is 3.15. The quantitative estimate of drug-likeness (QED) is 0.800. The van der Waals surface area contributed by atoms with Crippen LogP contribution in [-0.4, -0.2) is 15.9 Å². The zero-order chi connectivity index (χ0) is 15.5. The number of carbonyl (C=O) groups excluding carboxylic acids is 1. The SMILES string of the molecule is Cc1cc(C(=O)NCc2nccnc2-c2ccoc2)c(C)o1. The molecule has 0 fully saturated rings. The van der Waals surface area contributed by atoms with Crippen LogP contribution in [0.5, 0.6) is 0 Å². The van der Waals surface area contributed by atoms with E-state index in [1.54, 1.807) is 44.0 Å². The second kappa shape index (κ2) is 5.85. The van der Waals surface area contributed by atoms with Gasteiger partial charge in [-0.1, -0.05) is 0 Å². The largest absolute Gasteiger partial charge is 0.472 e. The van der Waals surface area contributed by atoms with Crippen LogP contribution in [0.3, 0.4) is 0 Å². The van der Waals surface area contributed by atoms with Crippen LogP contribution < -0.4 is 5.32 Å². The summed E-state index contributed by atoms with van der Waals surface area (Å²) in [5.41, 5.74) is 2.73. The molecule has 1 N–H and O–H groups in total. The average molecular weight is 297 g/mol. The highest BCUT2D eigenvalue weighted by molar-refractivity contribution is 5.95. The van der Waals surface area contributed by atoms with E-state index in [4.69, 9.17) is 8.83 Å². The van der Waals surface area contributed by atoms with Crippen molar-refractivity contribution in [3.05, 3.63) is 59.8 Å². The summed E-state index contributed by atoms with van der Waals surface area (Å²) < 4.78 is 10.4. The summed E-state index contributed by atoms with van der Waals surface area (Å²) in [6.07, 6.45) is 6.37. The maximum Gasteiger partial charge on any atom is 0.255 e. The highest BCUT2D eigenvalue weighted by Crippen LogP contribution is 2.20. The van der Waals surface area contributed by atoms with Crippen molar-refractivity contribution in [1.29, 1.82) is 0 Å². The van der Waals surface area contributed by atoms with Crippen molar-refractivity contribution in [2.75, 3.05) is 0 Å². The molecule has 0 bridgehead atoms. The Morgan fingerprint density at radius 3 is 2.77 bits per heavy atom. The number of nitrogens with zero attached hydrogens (tertiary/aromatic N) is 2. The van der Waals surface area contributed by atoms with Crippen LogP contribution >= 0.6 is 0 Å². The molecule has 0 unspecified atom stereocenters. The Labute approximate surface area is 127 Å². The van der Waals surface area contributed by atoms with Gasteiger partial charge in [0.05, 0.1) is 36.0 Å². The van der Waals surface area contributed by atoms with Gasteiger partial charge in [-0.05, 0) is 26.0 Å². The van der Waals surface area contributed by atoms with E-state index in [1.807, 2.05) is 6.92 Å². The van der Waals surface area contributed by atoms with E-state index in [0.29, 0.717) is 28.5 Å². The summed E-state index contributed by atoms with van der Waals surface area (Å²) in [5, 5.41) is 2.84. The van der Waals surface area contributed by atoms with Crippen molar-refractivity contribution in [3.63, 3.8) is 0 Å². The minimum Gasteiger partial charge on any atom is -0.472 e. The van der Waals surface area contributed by atoms with Crippen molar-refractivity contribution < 1.29 is 13.6 Å². The first-order valence-electron chi connectivity index (χ1n) is 6.83. The van der Waals surface area contributed by atoms with Crippen molar-refractivity contribution >= 4 is 5.91 Å². The van der Waals surface area contributed by atoms with Gasteiger partial charge in [-0.2, -0.15) is 0 Å². The third-order valence-electron chi connectivity index (χ3n) is 3.27. The van der Waals surface area contributed by atoms with E-state index in [0.717, 1.165) is 5.56 Å². The third-order valence-corrected chi connectivity index (χ3v) is 3.27. The van der Waals surface area contributed by atoms with Crippen LogP contribution in [0.1, 0.15) is 27.6 Å². The van der Waals surface area contributed by atoms with Gasteiger partial charge < -0.3 is 14.2 Å². The number of aromatic nitrogens is 2. The number of hydrogen-bond acceptors (Lipinski definition) is 5. The highest BCUT2D eigenvalue weighted by Gasteiger charge is 2.15.